The summed E-state index contributed by atoms with van der Waals surface area (Å²) in [4.78, 5) is 40.0. The van der Waals surface area contributed by atoms with Crippen molar-refractivity contribution in [3.05, 3.63) is 29.6 Å². The van der Waals surface area contributed by atoms with Gasteiger partial charge in [-0.2, -0.15) is 0 Å². The van der Waals surface area contributed by atoms with Gasteiger partial charge < -0.3 is 15.3 Å². The molecule has 1 aliphatic rings. The Labute approximate surface area is 122 Å². The molecule has 0 aromatic carbocycles. The van der Waals surface area contributed by atoms with E-state index < -0.39 is 11.9 Å². The maximum absolute atomic E-state index is 11.9. The van der Waals surface area contributed by atoms with Gasteiger partial charge >= 0.3 is 5.97 Å². The van der Waals surface area contributed by atoms with Crippen LogP contribution in [0.3, 0.4) is 0 Å². The van der Waals surface area contributed by atoms with Gasteiger partial charge in [0.1, 0.15) is 5.69 Å². The van der Waals surface area contributed by atoms with Gasteiger partial charge in [-0.15, -0.1) is 0 Å². The molecule has 21 heavy (non-hydrogen) atoms. The highest BCUT2D eigenvalue weighted by Crippen LogP contribution is 2.08. The standard InChI is InChI=1S/C14H17N3O4/c18-12(17-6-2-1-3-7-17)9-16-13(19)10-4-5-15-11(8-10)14(20)21/h4-5,8H,1-3,6-7,9H2,(H,16,19)(H,20,21). The number of carbonyl (C=O) groups excluding carboxylic acids is 2. The van der Waals surface area contributed by atoms with Crippen molar-refractivity contribution in [3.63, 3.8) is 0 Å². The minimum absolute atomic E-state index is 0.0798. The molecule has 0 atom stereocenters. The molecule has 2 heterocycles. The molecule has 7 nitrogen and oxygen atoms in total. The highest BCUT2D eigenvalue weighted by molar-refractivity contribution is 5.98. The molecule has 2 rings (SSSR count). The molecule has 0 saturated carbocycles. The van der Waals surface area contributed by atoms with Gasteiger partial charge in [-0.3, -0.25) is 9.59 Å². The Balaban J connectivity index is 1.90. The third-order valence-corrected chi connectivity index (χ3v) is 3.35. The van der Waals surface area contributed by atoms with E-state index >= 15 is 0 Å². The number of carbonyl (C=O) groups is 3. The fraction of sp³-hybridized carbons (Fsp3) is 0.429. The van der Waals surface area contributed by atoms with E-state index in [0.29, 0.717) is 0 Å². The Kier molecular flexibility index (Phi) is 4.86. The number of nitrogens with one attached hydrogen (secondary N) is 1. The zero-order valence-corrected chi connectivity index (χ0v) is 11.5. The minimum atomic E-state index is -1.20. The molecule has 7 heteroatoms. The van der Waals surface area contributed by atoms with Gasteiger partial charge in [0.15, 0.2) is 0 Å². The Morgan fingerprint density at radius 1 is 1.24 bits per heavy atom. The third kappa shape index (κ3) is 4.01. The summed E-state index contributed by atoms with van der Waals surface area (Å²) < 4.78 is 0. The van der Waals surface area contributed by atoms with Crippen molar-refractivity contribution in [2.24, 2.45) is 0 Å². The Morgan fingerprint density at radius 3 is 2.62 bits per heavy atom. The smallest absolute Gasteiger partial charge is 0.354 e. The summed E-state index contributed by atoms with van der Waals surface area (Å²) in [5.74, 6) is -1.80. The number of aromatic nitrogens is 1. The summed E-state index contributed by atoms with van der Waals surface area (Å²) in [6.07, 6.45) is 4.37. The first-order valence-corrected chi connectivity index (χ1v) is 6.83. The van der Waals surface area contributed by atoms with E-state index in [9.17, 15) is 14.4 Å². The zero-order valence-electron chi connectivity index (χ0n) is 11.5. The van der Waals surface area contributed by atoms with Crippen LogP contribution >= 0.6 is 0 Å². The lowest BCUT2D eigenvalue weighted by Gasteiger charge is -2.26. The quantitative estimate of drug-likeness (QED) is 0.842. The molecule has 1 aromatic heterocycles. The molecule has 1 aliphatic heterocycles. The fourth-order valence-electron chi connectivity index (χ4n) is 2.20. The molecule has 1 aromatic rings. The van der Waals surface area contributed by atoms with Gasteiger partial charge in [-0.1, -0.05) is 0 Å². The molecule has 2 amide bonds. The van der Waals surface area contributed by atoms with Gasteiger partial charge in [-0.25, -0.2) is 9.78 Å². The van der Waals surface area contributed by atoms with Crippen LogP contribution < -0.4 is 5.32 Å². The number of pyridine rings is 1. The van der Waals surface area contributed by atoms with Crippen LogP contribution in [0.25, 0.3) is 0 Å². The fourth-order valence-corrected chi connectivity index (χ4v) is 2.20. The van der Waals surface area contributed by atoms with Crippen LogP contribution in [0.1, 0.15) is 40.1 Å². The van der Waals surface area contributed by atoms with E-state index in [2.05, 4.69) is 10.3 Å². The summed E-state index contributed by atoms with van der Waals surface area (Å²) in [7, 11) is 0. The van der Waals surface area contributed by atoms with Crippen molar-refractivity contribution in [1.82, 2.24) is 15.2 Å². The molecular weight excluding hydrogens is 274 g/mol. The number of hydrogen-bond acceptors (Lipinski definition) is 4. The number of rotatable bonds is 4. The highest BCUT2D eigenvalue weighted by atomic mass is 16.4. The normalized spacial score (nSPS) is 14.6. The van der Waals surface area contributed by atoms with E-state index in [1.54, 1.807) is 4.90 Å². The summed E-state index contributed by atoms with van der Waals surface area (Å²) in [6, 6.07) is 2.59. The predicted octanol–water partition coefficient (Wildman–Crippen LogP) is 0.522. The average Bonchev–Trinajstić information content (AvgIpc) is 2.53. The zero-order chi connectivity index (χ0) is 15.2. The van der Waals surface area contributed by atoms with Crippen LogP contribution in [0.4, 0.5) is 0 Å². The van der Waals surface area contributed by atoms with Crippen LogP contribution in [0.15, 0.2) is 18.3 Å². The SMILES string of the molecule is O=C(NCC(=O)N1CCCCC1)c1ccnc(C(=O)O)c1. The van der Waals surface area contributed by atoms with E-state index in [1.165, 1.54) is 18.3 Å². The number of hydrogen-bond donors (Lipinski definition) is 2. The first-order valence-electron chi connectivity index (χ1n) is 6.83. The van der Waals surface area contributed by atoms with Crippen molar-refractivity contribution in [3.8, 4) is 0 Å². The summed E-state index contributed by atoms with van der Waals surface area (Å²) in [5, 5.41) is 11.3. The topological polar surface area (TPSA) is 99.6 Å². The van der Waals surface area contributed by atoms with Gasteiger partial charge in [0.25, 0.3) is 5.91 Å². The van der Waals surface area contributed by atoms with Crippen LogP contribution in [-0.2, 0) is 4.79 Å². The third-order valence-electron chi connectivity index (χ3n) is 3.35. The maximum Gasteiger partial charge on any atom is 0.354 e. The van der Waals surface area contributed by atoms with E-state index in [0.717, 1.165) is 32.4 Å². The second kappa shape index (κ2) is 6.83. The monoisotopic (exact) mass is 291 g/mol. The Morgan fingerprint density at radius 2 is 1.95 bits per heavy atom. The Bertz CT molecular complexity index is 553. The van der Waals surface area contributed by atoms with Crippen LogP contribution in [-0.4, -0.2) is 52.4 Å². The second-order valence-electron chi connectivity index (χ2n) is 4.86. The molecule has 1 saturated heterocycles. The van der Waals surface area contributed by atoms with E-state index in [-0.39, 0.29) is 23.7 Å². The number of amides is 2. The molecule has 2 N–H and O–H groups in total. The Hall–Kier alpha value is -2.44. The summed E-state index contributed by atoms with van der Waals surface area (Å²) >= 11 is 0. The predicted molar refractivity (Wildman–Crippen MR) is 74.0 cm³/mol. The summed E-state index contributed by atoms with van der Waals surface area (Å²) in [6.45, 7) is 1.38. The molecule has 0 unspecified atom stereocenters. The van der Waals surface area contributed by atoms with Gasteiger partial charge in [0.2, 0.25) is 5.91 Å². The largest absolute Gasteiger partial charge is 0.477 e. The summed E-state index contributed by atoms with van der Waals surface area (Å²) in [5.41, 5.74) is -0.0288. The highest BCUT2D eigenvalue weighted by Gasteiger charge is 2.17. The molecule has 0 radical (unpaired) electrons. The lowest BCUT2D eigenvalue weighted by atomic mass is 10.1. The molecule has 0 bridgehead atoms. The van der Waals surface area contributed by atoms with Crippen LogP contribution in [0.2, 0.25) is 0 Å². The molecular formula is C14H17N3O4. The minimum Gasteiger partial charge on any atom is -0.477 e. The van der Waals surface area contributed by atoms with Gasteiger partial charge in [0, 0.05) is 24.8 Å². The lowest BCUT2D eigenvalue weighted by Crippen LogP contribution is -2.42. The first kappa shape index (κ1) is 15.0. The van der Waals surface area contributed by atoms with Crippen molar-refractivity contribution < 1.29 is 19.5 Å². The van der Waals surface area contributed by atoms with Crippen molar-refractivity contribution in [2.75, 3.05) is 19.6 Å². The first-order chi connectivity index (χ1) is 10.1. The maximum atomic E-state index is 11.9. The number of carboxylic acid groups (broad SMARTS) is 1. The number of piperidine rings is 1. The molecule has 1 fully saturated rings. The van der Waals surface area contributed by atoms with Crippen molar-refractivity contribution in [1.29, 1.82) is 0 Å². The average molecular weight is 291 g/mol. The molecule has 0 aliphatic carbocycles. The van der Waals surface area contributed by atoms with E-state index in [1.807, 2.05) is 0 Å². The van der Waals surface area contributed by atoms with Gasteiger partial charge in [0.05, 0.1) is 6.54 Å². The van der Waals surface area contributed by atoms with Gasteiger partial charge in [-0.05, 0) is 31.4 Å². The number of aromatic carboxylic acids is 1. The number of likely N-dealkylation sites (tertiary alicyclic amines) is 1. The second-order valence-corrected chi connectivity index (χ2v) is 4.86. The van der Waals surface area contributed by atoms with E-state index in [4.69, 9.17) is 5.11 Å². The van der Waals surface area contributed by atoms with Crippen molar-refractivity contribution >= 4 is 17.8 Å². The molecule has 0 spiro atoms. The number of carboxylic acids is 1. The van der Waals surface area contributed by atoms with Crippen LogP contribution in [0, 0.1) is 0 Å². The van der Waals surface area contributed by atoms with Crippen molar-refractivity contribution in [2.45, 2.75) is 19.3 Å². The van der Waals surface area contributed by atoms with Crippen LogP contribution in [0.5, 0.6) is 0 Å². The number of nitrogens with zero attached hydrogens (tertiary/aromatic N) is 2. The molecule has 112 valence electrons. The lowest BCUT2D eigenvalue weighted by molar-refractivity contribution is -0.130.